The summed E-state index contributed by atoms with van der Waals surface area (Å²) in [7, 11) is 0. The van der Waals surface area contributed by atoms with Gasteiger partial charge in [-0.3, -0.25) is 0 Å². The molecule has 1 heterocycles. The Morgan fingerprint density at radius 3 is 2.93 bits per heavy atom. The molecule has 5 heteroatoms. The number of nitrogens with two attached hydrogens (primary N) is 1. The first kappa shape index (κ1) is 9.61. The van der Waals surface area contributed by atoms with E-state index in [1.54, 1.807) is 0 Å². The number of aromatic nitrogens is 2. The van der Waals surface area contributed by atoms with E-state index in [0.29, 0.717) is 12.3 Å². The second-order valence-corrected chi connectivity index (χ2v) is 4.14. The summed E-state index contributed by atoms with van der Waals surface area (Å²) in [6.07, 6.45) is 2.68. The molecule has 5 nitrogen and oxygen atoms in total. The smallest absolute Gasteiger partial charge is 0.243 e. The lowest BCUT2D eigenvalue weighted by molar-refractivity contribution is 0.258. The highest BCUT2D eigenvalue weighted by Crippen LogP contribution is 2.46. The molecule has 1 aromatic rings. The number of hydrogen-bond acceptors (Lipinski definition) is 5. The summed E-state index contributed by atoms with van der Waals surface area (Å²) in [6.45, 7) is 2.15. The molecular weight excluding hydrogens is 182 g/mol. The summed E-state index contributed by atoms with van der Waals surface area (Å²) >= 11 is 0. The van der Waals surface area contributed by atoms with Gasteiger partial charge in [-0.05, 0) is 19.3 Å². The fraction of sp³-hybridized carbons (Fsp3) is 0.778. The van der Waals surface area contributed by atoms with Crippen LogP contribution in [0.25, 0.3) is 0 Å². The van der Waals surface area contributed by atoms with Crippen LogP contribution in [0.15, 0.2) is 4.52 Å². The van der Waals surface area contributed by atoms with Gasteiger partial charge in [0.2, 0.25) is 5.89 Å². The summed E-state index contributed by atoms with van der Waals surface area (Å²) in [5.41, 5.74) is 5.84. The summed E-state index contributed by atoms with van der Waals surface area (Å²) in [6, 6.07) is -0.344. The Morgan fingerprint density at radius 2 is 2.36 bits per heavy atom. The van der Waals surface area contributed by atoms with Gasteiger partial charge in [0.15, 0.2) is 5.82 Å². The third-order valence-electron chi connectivity index (χ3n) is 2.74. The number of rotatable bonds is 4. The van der Waals surface area contributed by atoms with Gasteiger partial charge in [-0.25, -0.2) is 0 Å². The molecule has 0 aromatic carbocycles. The minimum absolute atomic E-state index is 0.0378. The third kappa shape index (κ3) is 1.65. The lowest BCUT2D eigenvalue weighted by Crippen LogP contribution is -2.13. The van der Waals surface area contributed by atoms with Crippen molar-refractivity contribution >= 4 is 0 Å². The Labute approximate surface area is 82.3 Å². The minimum atomic E-state index is -0.344. The van der Waals surface area contributed by atoms with Gasteiger partial charge < -0.3 is 15.4 Å². The van der Waals surface area contributed by atoms with Crippen LogP contribution in [0.2, 0.25) is 0 Å². The maximum Gasteiger partial charge on any atom is 0.243 e. The van der Waals surface area contributed by atoms with Crippen molar-refractivity contribution in [1.29, 1.82) is 0 Å². The molecule has 0 saturated heterocycles. The summed E-state index contributed by atoms with van der Waals surface area (Å²) in [4.78, 5) is 4.25. The van der Waals surface area contributed by atoms with Gasteiger partial charge in [-0.15, -0.1) is 0 Å². The molecule has 1 unspecified atom stereocenters. The Morgan fingerprint density at radius 1 is 1.64 bits per heavy atom. The average molecular weight is 197 g/mol. The molecule has 14 heavy (non-hydrogen) atoms. The van der Waals surface area contributed by atoms with Crippen LogP contribution in [0, 0.1) is 0 Å². The first-order chi connectivity index (χ1) is 6.65. The number of nitrogens with zero attached hydrogens (tertiary/aromatic N) is 2. The molecule has 1 aromatic heterocycles. The van der Waals surface area contributed by atoms with E-state index >= 15 is 0 Å². The second-order valence-electron chi connectivity index (χ2n) is 4.14. The molecule has 0 spiro atoms. The molecule has 1 aliphatic rings. The molecule has 1 aliphatic carbocycles. The van der Waals surface area contributed by atoms with Crippen molar-refractivity contribution in [3.63, 3.8) is 0 Å². The topological polar surface area (TPSA) is 85.2 Å². The number of aliphatic hydroxyl groups is 1. The van der Waals surface area contributed by atoms with E-state index in [1.165, 1.54) is 0 Å². The van der Waals surface area contributed by atoms with E-state index in [9.17, 15) is 0 Å². The molecule has 2 rings (SSSR count). The van der Waals surface area contributed by atoms with Crippen LogP contribution in [0.5, 0.6) is 0 Å². The van der Waals surface area contributed by atoms with Gasteiger partial charge in [0.25, 0.3) is 0 Å². The predicted octanol–water partition coefficient (Wildman–Crippen LogP) is 0.503. The van der Waals surface area contributed by atoms with E-state index in [1.807, 2.05) is 0 Å². The van der Waals surface area contributed by atoms with Gasteiger partial charge in [0.05, 0.1) is 6.04 Å². The molecule has 1 atom stereocenters. The van der Waals surface area contributed by atoms with Crippen molar-refractivity contribution < 1.29 is 9.63 Å². The maximum absolute atomic E-state index is 8.71. The van der Waals surface area contributed by atoms with Crippen LogP contribution in [0.3, 0.4) is 0 Å². The Hall–Kier alpha value is -0.940. The molecule has 0 radical (unpaired) electrons. The Balaban J connectivity index is 2.09. The van der Waals surface area contributed by atoms with E-state index in [0.717, 1.165) is 18.7 Å². The van der Waals surface area contributed by atoms with Crippen LogP contribution in [0.1, 0.15) is 43.9 Å². The zero-order valence-corrected chi connectivity index (χ0v) is 8.23. The normalized spacial score (nSPS) is 20.8. The van der Waals surface area contributed by atoms with Crippen molar-refractivity contribution in [2.45, 2.75) is 37.6 Å². The second kappa shape index (κ2) is 3.33. The zero-order chi connectivity index (χ0) is 10.2. The molecular formula is C9H15N3O2. The van der Waals surface area contributed by atoms with Gasteiger partial charge >= 0.3 is 0 Å². The molecule has 1 saturated carbocycles. The quantitative estimate of drug-likeness (QED) is 0.734. The van der Waals surface area contributed by atoms with E-state index in [4.69, 9.17) is 15.4 Å². The van der Waals surface area contributed by atoms with Crippen molar-refractivity contribution in [3.8, 4) is 0 Å². The highest BCUT2D eigenvalue weighted by Gasteiger charge is 2.43. The van der Waals surface area contributed by atoms with Crippen LogP contribution in [-0.4, -0.2) is 21.9 Å². The summed E-state index contributed by atoms with van der Waals surface area (Å²) < 4.78 is 5.05. The minimum Gasteiger partial charge on any atom is -0.396 e. The van der Waals surface area contributed by atoms with Crippen molar-refractivity contribution in [3.05, 3.63) is 11.7 Å². The first-order valence-electron chi connectivity index (χ1n) is 4.86. The van der Waals surface area contributed by atoms with Crippen LogP contribution < -0.4 is 5.73 Å². The zero-order valence-electron chi connectivity index (χ0n) is 8.23. The first-order valence-corrected chi connectivity index (χ1v) is 4.86. The SMILES string of the molecule is CC1(c2noc(C(N)CCO)n2)CC1. The highest BCUT2D eigenvalue weighted by atomic mass is 16.5. The van der Waals surface area contributed by atoms with E-state index in [-0.39, 0.29) is 18.1 Å². The van der Waals surface area contributed by atoms with Crippen molar-refractivity contribution in [2.75, 3.05) is 6.61 Å². The van der Waals surface area contributed by atoms with Crippen LogP contribution in [0.4, 0.5) is 0 Å². The lowest BCUT2D eigenvalue weighted by atomic mass is 10.1. The van der Waals surface area contributed by atoms with Gasteiger partial charge in [0, 0.05) is 12.0 Å². The monoisotopic (exact) mass is 197 g/mol. The number of hydrogen-bond donors (Lipinski definition) is 2. The van der Waals surface area contributed by atoms with Gasteiger partial charge in [-0.2, -0.15) is 4.98 Å². The van der Waals surface area contributed by atoms with Crippen LogP contribution in [-0.2, 0) is 5.41 Å². The molecule has 1 fully saturated rings. The highest BCUT2D eigenvalue weighted by molar-refractivity contribution is 5.14. The standard InChI is InChI=1S/C9H15N3O2/c1-9(3-4-9)8-11-7(14-12-8)6(10)2-5-13/h6,13H,2-5,10H2,1H3. The summed E-state index contributed by atoms with van der Waals surface area (Å²) in [5, 5.41) is 12.6. The van der Waals surface area contributed by atoms with Gasteiger partial charge in [0.1, 0.15) is 0 Å². The predicted molar refractivity (Wildman–Crippen MR) is 49.5 cm³/mol. The van der Waals surface area contributed by atoms with Crippen molar-refractivity contribution in [1.82, 2.24) is 10.1 Å². The molecule has 0 aliphatic heterocycles. The largest absolute Gasteiger partial charge is 0.396 e. The molecule has 78 valence electrons. The maximum atomic E-state index is 8.71. The Bertz CT molecular complexity index is 320. The average Bonchev–Trinajstić information content (AvgIpc) is 2.72. The number of aliphatic hydroxyl groups excluding tert-OH is 1. The molecule has 3 N–H and O–H groups in total. The molecule has 0 amide bonds. The Kier molecular flexibility index (Phi) is 2.28. The van der Waals surface area contributed by atoms with E-state index < -0.39 is 0 Å². The third-order valence-corrected chi connectivity index (χ3v) is 2.74. The lowest BCUT2D eigenvalue weighted by Gasteiger charge is -2.02. The van der Waals surface area contributed by atoms with Gasteiger partial charge in [-0.1, -0.05) is 12.1 Å². The fourth-order valence-corrected chi connectivity index (χ4v) is 1.30. The van der Waals surface area contributed by atoms with E-state index in [2.05, 4.69) is 17.1 Å². The summed E-state index contributed by atoms with van der Waals surface area (Å²) in [5.74, 6) is 1.18. The van der Waals surface area contributed by atoms with Crippen molar-refractivity contribution in [2.24, 2.45) is 5.73 Å². The molecule has 0 bridgehead atoms. The van der Waals surface area contributed by atoms with Crippen LogP contribution >= 0.6 is 0 Å². The fourth-order valence-electron chi connectivity index (χ4n) is 1.30.